The molecule has 1 aliphatic rings. The van der Waals surface area contributed by atoms with E-state index in [-0.39, 0.29) is 5.91 Å². The Kier molecular flexibility index (Phi) is 5.95. The van der Waals surface area contributed by atoms with Crippen LogP contribution in [-0.2, 0) is 0 Å². The number of methoxy groups -OCH3 is 1. The lowest BCUT2D eigenvalue weighted by molar-refractivity contribution is 0.0740. The molecular formula is C26H26N6O2. The molecule has 5 rings (SSSR count). The lowest BCUT2D eigenvalue weighted by atomic mass is 10.2. The molecule has 1 fully saturated rings. The van der Waals surface area contributed by atoms with Crippen LogP contribution in [-0.4, -0.2) is 59.0 Å². The summed E-state index contributed by atoms with van der Waals surface area (Å²) in [6.45, 7) is 4.45. The number of aromatic nitrogens is 3. The van der Waals surface area contributed by atoms with Gasteiger partial charge in [0, 0.05) is 49.0 Å². The van der Waals surface area contributed by atoms with Crippen LogP contribution in [0.25, 0.3) is 10.9 Å². The monoisotopic (exact) mass is 454 g/mol. The number of hydrogen-bond acceptors (Lipinski definition) is 7. The minimum Gasteiger partial charge on any atom is -0.497 e. The van der Waals surface area contributed by atoms with Crippen molar-refractivity contribution < 1.29 is 9.53 Å². The summed E-state index contributed by atoms with van der Waals surface area (Å²) in [5.41, 5.74) is 3.10. The Morgan fingerprint density at radius 1 is 0.912 bits per heavy atom. The molecule has 1 N–H and O–H groups in total. The van der Waals surface area contributed by atoms with E-state index in [0.29, 0.717) is 37.8 Å². The summed E-state index contributed by atoms with van der Waals surface area (Å²) in [7, 11) is 1.65. The molecule has 0 unspecified atom stereocenters. The van der Waals surface area contributed by atoms with Gasteiger partial charge in [-0.2, -0.15) is 4.98 Å². The lowest BCUT2D eigenvalue weighted by Gasteiger charge is -2.34. The molecule has 1 saturated heterocycles. The second-order valence-corrected chi connectivity index (χ2v) is 8.22. The number of hydrogen-bond donors (Lipinski definition) is 1. The summed E-state index contributed by atoms with van der Waals surface area (Å²) >= 11 is 0. The highest BCUT2D eigenvalue weighted by molar-refractivity contribution is 5.95. The van der Waals surface area contributed by atoms with E-state index in [9.17, 15) is 4.79 Å². The second-order valence-electron chi connectivity index (χ2n) is 8.22. The number of pyridine rings is 1. The number of fused-ring (bicyclic) bond motifs is 1. The molecule has 172 valence electrons. The molecule has 1 amide bonds. The summed E-state index contributed by atoms with van der Waals surface area (Å²) in [6.07, 6.45) is 0. The van der Waals surface area contributed by atoms with Crippen LogP contribution in [0.5, 0.6) is 5.75 Å². The van der Waals surface area contributed by atoms with Crippen molar-refractivity contribution in [2.75, 3.05) is 43.5 Å². The van der Waals surface area contributed by atoms with E-state index in [1.807, 2.05) is 72.5 Å². The van der Waals surface area contributed by atoms with E-state index in [4.69, 9.17) is 9.72 Å². The number of carbonyl (C=O) groups is 1. The third-order valence-corrected chi connectivity index (χ3v) is 5.87. The molecule has 0 bridgehead atoms. The van der Waals surface area contributed by atoms with Crippen molar-refractivity contribution in [2.45, 2.75) is 6.92 Å². The fourth-order valence-corrected chi connectivity index (χ4v) is 4.04. The SMILES string of the molecule is COc1ccc(Nc2cc(C)nc(N3CCN(C(=O)c4ccc5ccccc5n4)CC3)n2)cc1. The van der Waals surface area contributed by atoms with Gasteiger partial charge < -0.3 is 19.9 Å². The fourth-order valence-electron chi connectivity index (χ4n) is 4.04. The summed E-state index contributed by atoms with van der Waals surface area (Å²) in [5.74, 6) is 2.15. The molecule has 2 aromatic heterocycles. The average Bonchev–Trinajstić information content (AvgIpc) is 2.88. The predicted molar refractivity (Wildman–Crippen MR) is 133 cm³/mol. The van der Waals surface area contributed by atoms with Gasteiger partial charge in [-0.15, -0.1) is 0 Å². The molecule has 2 aromatic carbocycles. The van der Waals surface area contributed by atoms with Crippen LogP contribution in [0.1, 0.15) is 16.2 Å². The molecule has 4 aromatic rings. The molecule has 0 radical (unpaired) electrons. The quantitative estimate of drug-likeness (QED) is 0.487. The van der Waals surface area contributed by atoms with Crippen molar-refractivity contribution in [1.82, 2.24) is 19.9 Å². The lowest BCUT2D eigenvalue weighted by Crippen LogP contribution is -2.49. The summed E-state index contributed by atoms with van der Waals surface area (Å²) < 4.78 is 5.22. The molecule has 34 heavy (non-hydrogen) atoms. The molecule has 0 saturated carbocycles. The van der Waals surface area contributed by atoms with Crippen molar-refractivity contribution in [3.05, 3.63) is 78.1 Å². The van der Waals surface area contributed by atoms with Crippen LogP contribution in [0, 0.1) is 6.92 Å². The Balaban J connectivity index is 1.26. The maximum Gasteiger partial charge on any atom is 0.272 e. The standard InChI is InChI=1S/C26H26N6O2/c1-18-17-24(28-20-8-10-21(34-2)11-9-20)30-26(27-18)32-15-13-31(14-16-32)25(33)23-12-7-19-5-3-4-6-22(19)29-23/h3-12,17H,13-16H2,1-2H3,(H,27,28,30). The maximum atomic E-state index is 13.0. The van der Waals surface area contributed by atoms with Gasteiger partial charge in [0.25, 0.3) is 5.91 Å². The Morgan fingerprint density at radius 2 is 1.68 bits per heavy atom. The van der Waals surface area contributed by atoms with Gasteiger partial charge in [-0.25, -0.2) is 9.97 Å². The van der Waals surface area contributed by atoms with E-state index < -0.39 is 0 Å². The van der Waals surface area contributed by atoms with Crippen LogP contribution in [0.3, 0.4) is 0 Å². The molecule has 0 spiro atoms. The first-order valence-corrected chi connectivity index (χ1v) is 11.3. The van der Waals surface area contributed by atoms with Gasteiger partial charge in [-0.05, 0) is 43.3 Å². The number of benzene rings is 2. The normalized spacial score (nSPS) is 13.7. The van der Waals surface area contributed by atoms with Crippen molar-refractivity contribution in [3.63, 3.8) is 0 Å². The largest absolute Gasteiger partial charge is 0.497 e. The number of amides is 1. The van der Waals surface area contributed by atoms with E-state index in [2.05, 4.69) is 20.2 Å². The number of piperazine rings is 1. The van der Waals surface area contributed by atoms with Crippen LogP contribution in [0.4, 0.5) is 17.5 Å². The number of nitrogens with zero attached hydrogens (tertiary/aromatic N) is 5. The number of aryl methyl sites for hydroxylation is 1. The van der Waals surface area contributed by atoms with Crippen molar-refractivity contribution >= 4 is 34.3 Å². The summed E-state index contributed by atoms with van der Waals surface area (Å²) in [4.78, 5) is 30.9. The van der Waals surface area contributed by atoms with Crippen LogP contribution in [0.15, 0.2) is 66.7 Å². The molecule has 0 atom stereocenters. The average molecular weight is 455 g/mol. The van der Waals surface area contributed by atoms with Crippen molar-refractivity contribution in [3.8, 4) is 5.75 Å². The number of anilines is 3. The maximum absolute atomic E-state index is 13.0. The van der Waals surface area contributed by atoms with E-state index in [0.717, 1.165) is 33.9 Å². The topological polar surface area (TPSA) is 83.5 Å². The highest BCUT2D eigenvalue weighted by Crippen LogP contribution is 2.22. The third kappa shape index (κ3) is 4.61. The first kappa shape index (κ1) is 21.6. The zero-order valence-corrected chi connectivity index (χ0v) is 19.2. The van der Waals surface area contributed by atoms with Gasteiger partial charge >= 0.3 is 0 Å². The van der Waals surface area contributed by atoms with E-state index >= 15 is 0 Å². The first-order chi connectivity index (χ1) is 16.6. The number of para-hydroxylation sites is 1. The fraction of sp³-hybridized carbons (Fsp3) is 0.231. The van der Waals surface area contributed by atoms with Gasteiger partial charge in [0.1, 0.15) is 17.3 Å². The molecular weight excluding hydrogens is 428 g/mol. The molecule has 1 aliphatic heterocycles. The van der Waals surface area contributed by atoms with E-state index in [1.54, 1.807) is 13.2 Å². The number of rotatable bonds is 5. The van der Waals surface area contributed by atoms with Crippen LogP contribution in [0.2, 0.25) is 0 Å². The Bertz CT molecular complexity index is 1320. The molecule has 3 heterocycles. The molecule has 0 aliphatic carbocycles. The van der Waals surface area contributed by atoms with Crippen LogP contribution < -0.4 is 15.0 Å². The van der Waals surface area contributed by atoms with Gasteiger partial charge in [-0.3, -0.25) is 4.79 Å². The minimum absolute atomic E-state index is 0.0441. The molecule has 8 nitrogen and oxygen atoms in total. The Labute approximate surface area is 198 Å². The van der Waals surface area contributed by atoms with Gasteiger partial charge in [0.05, 0.1) is 12.6 Å². The van der Waals surface area contributed by atoms with Crippen LogP contribution >= 0.6 is 0 Å². The Morgan fingerprint density at radius 3 is 2.44 bits per heavy atom. The zero-order chi connectivity index (χ0) is 23.5. The van der Waals surface area contributed by atoms with Gasteiger partial charge in [-0.1, -0.05) is 24.3 Å². The third-order valence-electron chi connectivity index (χ3n) is 5.87. The minimum atomic E-state index is -0.0441. The molecule has 8 heteroatoms. The number of carbonyl (C=O) groups excluding carboxylic acids is 1. The highest BCUT2D eigenvalue weighted by atomic mass is 16.5. The second kappa shape index (κ2) is 9.35. The summed E-state index contributed by atoms with van der Waals surface area (Å²) in [6, 6.07) is 21.2. The summed E-state index contributed by atoms with van der Waals surface area (Å²) in [5, 5.41) is 4.36. The van der Waals surface area contributed by atoms with Crippen molar-refractivity contribution in [1.29, 1.82) is 0 Å². The van der Waals surface area contributed by atoms with Gasteiger partial charge in [0.2, 0.25) is 5.95 Å². The predicted octanol–water partition coefficient (Wildman–Crippen LogP) is 4.05. The van der Waals surface area contributed by atoms with Gasteiger partial charge in [0.15, 0.2) is 0 Å². The first-order valence-electron chi connectivity index (χ1n) is 11.3. The number of nitrogens with one attached hydrogen (secondary N) is 1. The zero-order valence-electron chi connectivity index (χ0n) is 19.2. The highest BCUT2D eigenvalue weighted by Gasteiger charge is 2.24. The smallest absolute Gasteiger partial charge is 0.272 e. The van der Waals surface area contributed by atoms with Crippen molar-refractivity contribution in [2.24, 2.45) is 0 Å². The van der Waals surface area contributed by atoms with E-state index in [1.165, 1.54) is 0 Å². The Hall–Kier alpha value is -4.20. The number of ether oxygens (including phenoxy) is 1.